The zero-order chi connectivity index (χ0) is 14.3. The summed E-state index contributed by atoms with van der Waals surface area (Å²) < 4.78 is 5.63. The largest absolute Gasteiger partial charge is 0.465 e. The molecule has 7 nitrogen and oxygen atoms in total. The predicted molar refractivity (Wildman–Crippen MR) is 73.2 cm³/mol. The Hall–Kier alpha value is -2.02. The van der Waals surface area contributed by atoms with Gasteiger partial charge in [-0.2, -0.15) is 4.98 Å². The molecule has 0 radical (unpaired) electrons. The van der Waals surface area contributed by atoms with E-state index in [0.717, 1.165) is 0 Å². The number of nitrogens with zero attached hydrogens (tertiary/aromatic N) is 4. The van der Waals surface area contributed by atoms with E-state index in [1.54, 1.807) is 12.1 Å². The standard InChI is InChI=1S/C12H13ClN4O3/c1-7-6-16(4-5-17(7)12(18)19)11-15-10-8(20-11)2-3-9(13)14-10/h2-3,7H,4-6H2,1H3,(H,18,19). The van der Waals surface area contributed by atoms with Gasteiger partial charge in [0.2, 0.25) is 5.65 Å². The SMILES string of the molecule is CC1CN(c2nc3nc(Cl)ccc3o2)CCN1C(=O)O. The number of hydrogen-bond donors (Lipinski definition) is 1. The van der Waals surface area contributed by atoms with Crippen molar-refractivity contribution in [1.82, 2.24) is 14.9 Å². The van der Waals surface area contributed by atoms with Crippen LogP contribution in [-0.4, -0.2) is 51.7 Å². The first-order chi connectivity index (χ1) is 9.54. The molecule has 3 heterocycles. The Bertz CT molecular complexity index is 659. The van der Waals surface area contributed by atoms with E-state index in [1.165, 1.54) is 4.90 Å². The Kier molecular flexibility index (Phi) is 3.13. The number of carboxylic acid groups (broad SMARTS) is 1. The lowest BCUT2D eigenvalue weighted by molar-refractivity contribution is 0.122. The van der Waals surface area contributed by atoms with Gasteiger partial charge in [0.05, 0.1) is 0 Å². The quantitative estimate of drug-likeness (QED) is 0.811. The fraction of sp³-hybridized carbons (Fsp3) is 0.417. The highest BCUT2D eigenvalue weighted by atomic mass is 35.5. The van der Waals surface area contributed by atoms with Crippen LogP contribution in [0.3, 0.4) is 0 Å². The lowest BCUT2D eigenvalue weighted by atomic mass is 10.2. The van der Waals surface area contributed by atoms with Crippen LogP contribution in [0.5, 0.6) is 0 Å². The molecule has 3 rings (SSSR count). The van der Waals surface area contributed by atoms with Crippen molar-refractivity contribution < 1.29 is 14.3 Å². The van der Waals surface area contributed by atoms with Crippen LogP contribution in [0.4, 0.5) is 10.8 Å². The highest BCUT2D eigenvalue weighted by Gasteiger charge is 2.29. The van der Waals surface area contributed by atoms with E-state index < -0.39 is 6.09 Å². The number of fused-ring (bicyclic) bond motifs is 1. The summed E-state index contributed by atoms with van der Waals surface area (Å²) in [6.07, 6.45) is -0.900. The summed E-state index contributed by atoms with van der Waals surface area (Å²) in [6, 6.07) is 3.70. The molecule has 0 spiro atoms. The molecule has 1 saturated heterocycles. The lowest BCUT2D eigenvalue weighted by Crippen LogP contribution is -2.53. The van der Waals surface area contributed by atoms with Crippen LogP contribution in [0.15, 0.2) is 16.5 Å². The van der Waals surface area contributed by atoms with Crippen LogP contribution in [0.1, 0.15) is 6.92 Å². The van der Waals surface area contributed by atoms with Gasteiger partial charge in [-0.3, -0.25) is 0 Å². The zero-order valence-electron chi connectivity index (χ0n) is 10.8. The number of hydrogen-bond acceptors (Lipinski definition) is 5. The first-order valence-electron chi connectivity index (χ1n) is 6.22. The minimum atomic E-state index is -0.900. The second-order valence-corrected chi connectivity index (χ2v) is 5.11. The molecular weight excluding hydrogens is 284 g/mol. The second-order valence-electron chi connectivity index (χ2n) is 4.72. The monoisotopic (exact) mass is 296 g/mol. The van der Waals surface area contributed by atoms with E-state index in [1.807, 2.05) is 11.8 Å². The Labute approximate surface area is 119 Å². The molecule has 1 aliphatic heterocycles. The van der Waals surface area contributed by atoms with E-state index in [-0.39, 0.29) is 6.04 Å². The van der Waals surface area contributed by atoms with Crippen LogP contribution in [-0.2, 0) is 0 Å². The number of anilines is 1. The van der Waals surface area contributed by atoms with Gasteiger partial charge in [0.25, 0.3) is 6.01 Å². The molecular formula is C12H13ClN4O3. The van der Waals surface area contributed by atoms with Gasteiger partial charge >= 0.3 is 6.09 Å². The van der Waals surface area contributed by atoms with Gasteiger partial charge in [-0.15, -0.1) is 0 Å². The Morgan fingerprint density at radius 1 is 1.45 bits per heavy atom. The van der Waals surface area contributed by atoms with Gasteiger partial charge in [0.15, 0.2) is 5.58 Å². The molecule has 0 aromatic carbocycles. The Balaban J connectivity index is 1.83. The lowest BCUT2D eigenvalue weighted by Gasteiger charge is -2.37. The van der Waals surface area contributed by atoms with Gasteiger partial charge in [0, 0.05) is 25.7 Å². The molecule has 106 valence electrons. The third-order valence-corrected chi connectivity index (χ3v) is 3.56. The van der Waals surface area contributed by atoms with Gasteiger partial charge in [-0.25, -0.2) is 9.78 Å². The van der Waals surface area contributed by atoms with Crippen LogP contribution in [0.25, 0.3) is 11.2 Å². The second kappa shape index (κ2) is 4.82. The first kappa shape index (κ1) is 13.0. The first-order valence-corrected chi connectivity index (χ1v) is 6.60. The molecule has 1 N–H and O–H groups in total. The molecule has 0 aliphatic carbocycles. The molecule has 1 unspecified atom stereocenters. The summed E-state index contributed by atoms with van der Waals surface area (Å²) in [7, 11) is 0. The smallest absolute Gasteiger partial charge is 0.407 e. The van der Waals surface area contributed by atoms with Crippen molar-refractivity contribution in [3.05, 3.63) is 17.3 Å². The number of piperazine rings is 1. The van der Waals surface area contributed by atoms with E-state index in [4.69, 9.17) is 21.1 Å². The highest BCUT2D eigenvalue weighted by Crippen LogP contribution is 2.24. The van der Waals surface area contributed by atoms with Crippen LogP contribution in [0.2, 0.25) is 5.15 Å². The van der Waals surface area contributed by atoms with E-state index in [9.17, 15) is 4.79 Å². The molecule has 1 amide bonds. The molecule has 0 bridgehead atoms. The summed E-state index contributed by atoms with van der Waals surface area (Å²) in [5, 5.41) is 9.42. The van der Waals surface area contributed by atoms with Gasteiger partial charge in [-0.05, 0) is 19.1 Å². The van der Waals surface area contributed by atoms with Crippen LogP contribution >= 0.6 is 11.6 Å². The molecule has 8 heteroatoms. The number of aromatic nitrogens is 2. The average molecular weight is 297 g/mol. The van der Waals surface area contributed by atoms with Crippen LogP contribution < -0.4 is 4.90 Å². The Morgan fingerprint density at radius 3 is 2.95 bits per heavy atom. The maximum atomic E-state index is 11.0. The van der Waals surface area contributed by atoms with Gasteiger partial charge < -0.3 is 19.3 Å². The number of amides is 1. The zero-order valence-corrected chi connectivity index (χ0v) is 11.5. The maximum absolute atomic E-state index is 11.0. The average Bonchev–Trinajstić information content (AvgIpc) is 2.81. The molecule has 0 saturated carbocycles. The van der Waals surface area contributed by atoms with Gasteiger partial charge in [-0.1, -0.05) is 11.6 Å². The number of halogens is 1. The molecule has 1 aliphatic rings. The number of pyridine rings is 1. The van der Waals surface area contributed by atoms with E-state index in [2.05, 4.69) is 9.97 Å². The summed E-state index contributed by atoms with van der Waals surface area (Å²) >= 11 is 5.81. The van der Waals surface area contributed by atoms with Crippen molar-refractivity contribution in [3.63, 3.8) is 0 Å². The minimum absolute atomic E-state index is 0.118. The minimum Gasteiger partial charge on any atom is -0.465 e. The number of carbonyl (C=O) groups is 1. The molecule has 1 fully saturated rings. The summed E-state index contributed by atoms with van der Waals surface area (Å²) in [6.45, 7) is 3.35. The fourth-order valence-electron chi connectivity index (χ4n) is 2.33. The molecule has 1 atom stereocenters. The molecule has 20 heavy (non-hydrogen) atoms. The van der Waals surface area contributed by atoms with Crippen molar-refractivity contribution in [2.75, 3.05) is 24.5 Å². The van der Waals surface area contributed by atoms with Crippen LogP contribution in [0, 0.1) is 0 Å². The van der Waals surface area contributed by atoms with Crippen molar-refractivity contribution in [3.8, 4) is 0 Å². The van der Waals surface area contributed by atoms with Gasteiger partial charge in [0.1, 0.15) is 5.15 Å². The number of oxazole rings is 1. The Morgan fingerprint density at radius 2 is 2.25 bits per heavy atom. The summed E-state index contributed by atoms with van der Waals surface area (Å²) in [5.74, 6) is 0. The van der Waals surface area contributed by atoms with Crippen molar-refractivity contribution in [2.24, 2.45) is 0 Å². The summed E-state index contributed by atoms with van der Waals surface area (Å²) in [5.41, 5.74) is 1.03. The predicted octanol–water partition coefficient (Wildman–Crippen LogP) is 2.06. The normalized spacial score (nSPS) is 19.6. The third-order valence-electron chi connectivity index (χ3n) is 3.35. The van der Waals surface area contributed by atoms with Crippen molar-refractivity contribution >= 4 is 34.9 Å². The number of rotatable bonds is 1. The third kappa shape index (κ3) is 2.24. The molecule has 2 aromatic heterocycles. The van der Waals surface area contributed by atoms with E-state index in [0.29, 0.717) is 42.0 Å². The van der Waals surface area contributed by atoms with Crippen molar-refractivity contribution in [1.29, 1.82) is 0 Å². The fourth-order valence-corrected chi connectivity index (χ4v) is 2.48. The van der Waals surface area contributed by atoms with E-state index >= 15 is 0 Å². The van der Waals surface area contributed by atoms with Crippen molar-refractivity contribution in [2.45, 2.75) is 13.0 Å². The maximum Gasteiger partial charge on any atom is 0.407 e. The topological polar surface area (TPSA) is 82.7 Å². The highest BCUT2D eigenvalue weighted by molar-refractivity contribution is 6.29. The summed E-state index contributed by atoms with van der Waals surface area (Å²) in [4.78, 5) is 22.7. The molecule has 2 aromatic rings.